The van der Waals surface area contributed by atoms with Crippen LogP contribution in [0.3, 0.4) is 0 Å². The summed E-state index contributed by atoms with van der Waals surface area (Å²) < 4.78 is 42.9. The first-order valence-electron chi connectivity index (χ1n) is 7.11. The van der Waals surface area contributed by atoms with Crippen LogP contribution in [0.4, 0.5) is 13.2 Å². The third-order valence-corrected chi connectivity index (χ3v) is 3.89. The summed E-state index contributed by atoms with van der Waals surface area (Å²) in [6.07, 6.45) is -3.64. The van der Waals surface area contributed by atoms with Crippen LogP contribution in [0.5, 0.6) is 0 Å². The van der Waals surface area contributed by atoms with Gasteiger partial charge in [-0.2, -0.15) is 18.2 Å². The van der Waals surface area contributed by atoms with Crippen LogP contribution >= 0.6 is 0 Å². The number of carbonyl (C=O) groups is 1. The SMILES string of the molecule is CC(=O)N1CC[C@@H](c2nc(-c3ccc(C(F)(F)F)cc3)no2)C1. The molecule has 3 rings (SSSR count). The molecule has 5 nitrogen and oxygen atoms in total. The lowest BCUT2D eigenvalue weighted by Crippen LogP contribution is -2.25. The lowest BCUT2D eigenvalue weighted by molar-refractivity contribution is -0.137. The smallest absolute Gasteiger partial charge is 0.342 e. The molecule has 1 fully saturated rings. The minimum absolute atomic E-state index is 0.00465. The fourth-order valence-corrected chi connectivity index (χ4v) is 2.57. The third-order valence-electron chi connectivity index (χ3n) is 3.89. The summed E-state index contributed by atoms with van der Waals surface area (Å²) in [6.45, 7) is 2.66. The zero-order valence-electron chi connectivity index (χ0n) is 12.3. The van der Waals surface area contributed by atoms with Crippen molar-refractivity contribution in [1.29, 1.82) is 0 Å². The molecule has 1 aliphatic rings. The third kappa shape index (κ3) is 3.20. The van der Waals surface area contributed by atoms with Crippen LogP contribution in [-0.2, 0) is 11.0 Å². The van der Waals surface area contributed by atoms with Gasteiger partial charge in [-0.1, -0.05) is 17.3 Å². The molecule has 1 amide bonds. The van der Waals surface area contributed by atoms with Crippen molar-refractivity contribution in [3.63, 3.8) is 0 Å². The number of nitrogens with zero attached hydrogens (tertiary/aromatic N) is 3. The molecule has 0 bridgehead atoms. The molecular weight excluding hydrogens is 311 g/mol. The molecule has 1 atom stereocenters. The van der Waals surface area contributed by atoms with E-state index in [1.807, 2.05) is 0 Å². The number of alkyl halides is 3. The van der Waals surface area contributed by atoms with Crippen molar-refractivity contribution in [1.82, 2.24) is 15.0 Å². The summed E-state index contributed by atoms with van der Waals surface area (Å²) in [4.78, 5) is 17.3. The van der Waals surface area contributed by atoms with Gasteiger partial charge in [0, 0.05) is 25.6 Å². The maximum atomic E-state index is 12.6. The molecule has 2 aromatic rings. The van der Waals surface area contributed by atoms with Gasteiger partial charge in [0.1, 0.15) is 0 Å². The number of likely N-dealkylation sites (tertiary alicyclic amines) is 1. The Morgan fingerprint density at radius 3 is 2.57 bits per heavy atom. The number of rotatable bonds is 2. The van der Waals surface area contributed by atoms with Gasteiger partial charge in [-0.15, -0.1) is 0 Å². The van der Waals surface area contributed by atoms with E-state index in [0.29, 0.717) is 24.5 Å². The van der Waals surface area contributed by atoms with Gasteiger partial charge < -0.3 is 9.42 Å². The highest BCUT2D eigenvalue weighted by atomic mass is 19.4. The standard InChI is InChI=1S/C15H14F3N3O2/c1-9(22)21-7-6-11(8-21)14-19-13(20-23-14)10-2-4-12(5-3-10)15(16,17)18/h2-5,11H,6-8H2,1H3/t11-/m1/s1. The largest absolute Gasteiger partial charge is 0.416 e. The molecule has 23 heavy (non-hydrogen) atoms. The van der Waals surface area contributed by atoms with E-state index in [9.17, 15) is 18.0 Å². The molecule has 1 aliphatic heterocycles. The Bertz CT molecular complexity index is 710. The fraction of sp³-hybridized carbons (Fsp3) is 0.400. The van der Waals surface area contributed by atoms with E-state index in [4.69, 9.17) is 4.52 Å². The maximum absolute atomic E-state index is 12.6. The van der Waals surface area contributed by atoms with Crippen LogP contribution in [0.15, 0.2) is 28.8 Å². The summed E-state index contributed by atoms with van der Waals surface area (Å²) in [6, 6.07) is 4.60. The quantitative estimate of drug-likeness (QED) is 0.851. The Morgan fingerprint density at radius 2 is 2.00 bits per heavy atom. The maximum Gasteiger partial charge on any atom is 0.416 e. The van der Waals surface area contributed by atoms with Crippen LogP contribution in [-0.4, -0.2) is 34.0 Å². The second-order valence-corrected chi connectivity index (χ2v) is 5.48. The van der Waals surface area contributed by atoms with Crippen molar-refractivity contribution >= 4 is 5.91 Å². The van der Waals surface area contributed by atoms with Crippen LogP contribution in [0.1, 0.15) is 30.7 Å². The molecule has 122 valence electrons. The van der Waals surface area contributed by atoms with E-state index in [0.717, 1.165) is 18.6 Å². The molecule has 1 aromatic carbocycles. The predicted octanol–water partition coefficient (Wildman–Crippen LogP) is 3.09. The average Bonchev–Trinajstić information content (AvgIpc) is 3.15. The molecule has 8 heteroatoms. The molecule has 2 heterocycles. The average molecular weight is 325 g/mol. The zero-order chi connectivity index (χ0) is 16.6. The van der Waals surface area contributed by atoms with Gasteiger partial charge in [-0.25, -0.2) is 0 Å². The van der Waals surface area contributed by atoms with E-state index < -0.39 is 11.7 Å². The summed E-state index contributed by atoms with van der Waals surface area (Å²) in [5, 5.41) is 3.82. The van der Waals surface area contributed by atoms with Crippen molar-refractivity contribution in [2.24, 2.45) is 0 Å². The normalized spacial score (nSPS) is 18.4. The zero-order valence-corrected chi connectivity index (χ0v) is 12.3. The van der Waals surface area contributed by atoms with E-state index in [1.54, 1.807) is 4.90 Å². The number of halogens is 3. The Labute approximate surface area is 130 Å². The van der Waals surface area contributed by atoms with Crippen LogP contribution < -0.4 is 0 Å². The van der Waals surface area contributed by atoms with Crippen LogP contribution in [0, 0.1) is 0 Å². The molecule has 0 saturated carbocycles. The van der Waals surface area contributed by atoms with Gasteiger partial charge in [0.2, 0.25) is 17.6 Å². The molecule has 0 spiro atoms. The first-order valence-corrected chi connectivity index (χ1v) is 7.11. The highest BCUT2D eigenvalue weighted by Gasteiger charge is 2.31. The number of aromatic nitrogens is 2. The van der Waals surface area contributed by atoms with Crippen molar-refractivity contribution in [3.05, 3.63) is 35.7 Å². The summed E-state index contributed by atoms with van der Waals surface area (Å²) in [7, 11) is 0. The highest BCUT2D eigenvalue weighted by Crippen LogP contribution is 2.31. The molecular formula is C15H14F3N3O2. The number of hydrogen-bond acceptors (Lipinski definition) is 4. The van der Waals surface area contributed by atoms with Gasteiger partial charge in [-0.05, 0) is 18.6 Å². The van der Waals surface area contributed by atoms with Gasteiger partial charge in [0.25, 0.3) is 0 Å². The Hall–Kier alpha value is -2.38. The second-order valence-electron chi connectivity index (χ2n) is 5.48. The van der Waals surface area contributed by atoms with E-state index in [2.05, 4.69) is 10.1 Å². The molecule has 0 aliphatic carbocycles. The summed E-state index contributed by atoms with van der Waals surface area (Å²) >= 11 is 0. The lowest BCUT2D eigenvalue weighted by Gasteiger charge is -2.11. The fourth-order valence-electron chi connectivity index (χ4n) is 2.57. The Kier molecular flexibility index (Phi) is 3.83. The minimum atomic E-state index is -4.37. The molecule has 1 aromatic heterocycles. The molecule has 1 saturated heterocycles. The van der Waals surface area contributed by atoms with Crippen molar-refractivity contribution < 1.29 is 22.5 Å². The number of amides is 1. The molecule has 0 radical (unpaired) electrons. The summed E-state index contributed by atoms with van der Waals surface area (Å²) in [5.41, 5.74) is -0.271. The van der Waals surface area contributed by atoms with Gasteiger partial charge >= 0.3 is 6.18 Å². The number of benzene rings is 1. The van der Waals surface area contributed by atoms with E-state index in [-0.39, 0.29) is 17.6 Å². The molecule has 0 unspecified atom stereocenters. The Balaban J connectivity index is 1.76. The number of hydrogen-bond donors (Lipinski definition) is 0. The van der Waals surface area contributed by atoms with Gasteiger partial charge in [0.15, 0.2) is 0 Å². The predicted molar refractivity (Wildman–Crippen MR) is 74.3 cm³/mol. The second kappa shape index (κ2) is 5.68. The first-order chi connectivity index (χ1) is 10.8. The monoisotopic (exact) mass is 325 g/mol. The Morgan fingerprint density at radius 1 is 1.30 bits per heavy atom. The van der Waals surface area contributed by atoms with Crippen molar-refractivity contribution in [2.45, 2.75) is 25.4 Å². The highest BCUT2D eigenvalue weighted by molar-refractivity contribution is 5.73. The van der Waals surface area contributed by atoms with E-state index in [1.165, 1.54) is 19.1 Å². The molecule has 0 N–H and O–H groups in total. The van der Waals surface area contributed by atoms with Crippen molar-refractivity contribution in [2.75, 3.05) is 13.1 Å². The lowest BCUT2D eigenvalue weighted by atomic mass is 10.1. The van der Waals surface area contributed by atoms with Gasteiger partial charge in [0.05, 0.1) is 11.5 Å². The van der Waals surface area contributed by atoms with Crippen LogP contribution in [0.25, 0.3) is 11.4 Å². The topological polar surface area (TPSA) is 59.2 Å². The summed E-state index contributed by atoms with van der Waals surface area (Å²) in [5.74, 6) is 0.614. The first kappa shape index (κ1) is 15.5. The van der Waals surface area contributed by atoms with Crippen LogP contribution in [0.2, 0.25) is 0 Å². The van der Waals surface area contributed by atoms with Crippen molar-refractivity contribution in [3.8, 4) is 11.4 Å². The number of carbonyl (C=O) groups excluding carboxylic acids is 1. The van der Waals surface area contributed by atoms with Gasteiger partial charge in [-0.3, -0.25) is 4.79 Å². The minimum Gasteiger partial charge on any atom is -0.342 e. The van der Waals surface area contributed by atoms with E-state index >= 15 is 0 Å².